The topological polar surface area (TPSA) is 41.1 Å². The fourth-order valence-corrected chi connectivity index (χ4v) is 2.91. The molecule has 0 aromatic heterocycles. The predicted octanol–water partition coefficient (Wildman–Crippen LogP) is 2.86. The maximum absolute atomic E-state index is 12.2. The Balaban J connectivity index is 1.84. The average molecular weight is 288 g/mol. The van der Waals surface area contributed by atoms with Gasteiger partial charge >= 0.3 is 0 Å². The number of amides is 1. The molecule has 1 fully saturated rings. The SMILES string of the molecule is CC(NC(=O)CCC1CCNC1)C(C)(C)c1ccccc1. The van der Waals surface area contributed by atoms with Crippen molar-refractivity contribution in [1.29, 1.82) is 0 Å². The molecule has 1 heterocycles. The smallest absolute Gasteiger partial charge is 0.220 e. The minimum absolute atomic E-state index is 0.0637. The van der Waals surface area contributed by atoms with Gasteiger partial charge in [-0.15, -0.1) is 0 Å². The van der Waals surface area contributed by atoms with Crippen molar-refractivity contribution >= 4 is 5.91 Å². The number of carbonyl (C=O) groups excluding carboxylic acids is 1. The molecule has 2 N–H and O–H groups in total. The monoisotopic (exact) mass is 288 g/mol. The molecule has 2 atom stereocenters. The molecule has 1 amide bonds. The van der Waals surface area contributed by atoms with E-state index in [1.165, 1.54) is 12.0 Å². The van der Waals surface area contributed by atoms with Crippen LogP contribution in [0, 0.1) is 5.92 Å². The summed E-state index contributed by atoms with van der Waals surface area (Å²) in [5.74, 6) is 0.853. The maximum atomic E-state index is 12.2. The van der Waals surface area contributed by atoms with Gasteiger partial charge < -0.3 is 10.6 Å². The van der Waals surface area contributed by atoms with Gasteiger partial charge in [-0.1, -0.05) is 44.2 Å². The molecule has 1 saturated heterocycles. The predicted molar refractivity (Wildman–Crippen MR) is 87.3 cm³/mol. The summed E-state index contributed by atoms with van der Waals surface area (Å²) in [5.41, 5.74) is 1.20. The standard InChI is InChI=1S/C18H28N2O/c1-14(18(2,3)16-7-5-4-6-8-16)20-17(21)10-9-15-11-12-19-13-15/h4-8,14-15,19H,9-13H2,1-3H3,(H,20,21). The van der Waals surface area contributed by atoms with Crippen molar-refractivity contribution in [3.63, 3.8) is 0 Å². The van der Waals surface area contributed by atoms with Gasteiger partial charge in [0.1, 0.15) is 0 Å². The Morgan fingerprint density at radius 2 is 2.10 bits per heavy atom. The highest BCUT2D eigenvalue weighted by molar-refractivity contribution is 5.76. The lowest BCUT2D eigenvalue weighted by molar-refractivity contribution is -0.122. The van der Waals surface area contributed by atoms with Crippen LogP contribution in [0.25, 0.3) is 0 Å². The van der Waals surface area contributed by atoms with Crippen molar-refractivity contribution in [2.75, 3.05) is 13.1 Å². The molecule has 0 radical (unpaired) electrons. The van der Waals surface area contributed by atoms with E-state index in [0.717, 1.165) is 19.5 Å². The van der Waals surface area contributed by atoms with Crippen LogP contribution in [0.1, 0.15) is 45.6 Å². The van der Waals surface area contributed by atoms with Gasteiger partial charge in [0.25, 0.3) is 0 Å². The van der Waals surface area contributed by atoms with E-state index in [-0.39, 0.29) is 17.4 Å². The van der Waals surface area contributed by atoms with Crippen molar-refractivity contribution in [2.24, 2.45) is 5.92 Å². The van der Waals surface area contributed by atoms with Crippen molar-refractivity contribution in [3.8, 4) is 0 Å². The molecule has 0 bridgehead atoms. The van der Waals surface area contributed by atoms with Crippen LogP contribution in [-0.2, 0) is 10.2 Å². The van der Waals surface area contributed by atoms with Crippen molar-refractivity contribution in [3.05, 3.63) is 35.9 Å². The molecule has 0 saturated carbocycles. The third-order valence-electron chi connectivity index (χ3n) is 4.92. The number of benzene rings is 1. The molecule has 0 aliphatic carbocycles. The van der Waals surface area contributed by atoms with E-state index in [1.807, 2.05) is 6.07 Å². The molecule has 0 spiro atoms. The molecule has 3 heteroatoms. The van der Waals surface area contributed by atoms with Gasteiger partial charge in [-0.2, -0.15) is 0 Å². The Morgan fingerprint density at radius 1 is 1.38 bits per heavy atom. The van der Waals surface area contributed by atoms with E-state index in [0.29, 0.717) is 12.3 Å². The molecular formula is C18H28N2O. The largest absolute Gasteiger partial charge is 0.353 e. The highest BCUT2D eigenvalue weighted by Gasteiger charge is 2.29. The van der Waals surface area contributed by atoms with Gasteiger partial charge in [-0.3, -0.25) is 4.79 Å². The third-order valence-corrected chi connectivity index (χ3v) is 4.92. The van der Waals surface area contributed by atoms with Crippen LogP contribution in [0.4, 0.5) is 0 Å². The molecule has 1 aromatic carbocycles. The van der Waals surface area contributed by atoms with Gasteiger partial charge in [-0.25, -0.2) is 0 Å². The first kappa shape index (κ1) is 16.0. The third kappa shape index (κ3) is 4.31. The Labute approximate surface area is 128 Å². The van der Waals surface area contributed by atoms with Crippen LogP contribution in [0.2, 0.25) is 0 Å². The Morgan fingerprint density at radius 3 is 2.71 bits per heavy atom. The van der Waals surface area contributed by atoms with Crippen LogP contribution in [0.15, 0.2) is 30.3 Å². The Bertz CT molecular complexity index is 450. The van der Waals surface area contributed by atoms with Crippen molar-refractivity contribution in [2.45, 2.75) is 51.5 Å². The molecule has 2 unspecified atom stereocenters. The summed E-state index contributed by atoms with van der Waals surface area (Å²) in [6.45, 7) is 8.65. The van der Waals surface area contributed by atoms with Crippen LogP contribution < -0.4 is 10.6 Å². The summed E-state index contributed by atoms with van der Waals surface area (Å²) in [6.07, 6.45) is 2.84. The van der Waals surface area contributed by atoms with Gasteiger partial charge in [-0.05, 0) is 44.3 Å². The second kappa shape index (κ2) is 7.08. The number of hydrogen-bond donors (Lipinski definition) is 2. The summed E-state index contributed by atoms with van der Waals surface area (Å²) in [5, 5.41) is 6.53. The fourth-order valence-electron chi connectivity index (χ4n) is 2.91. The molecular weight excluding hydrogens is 260 g/mol. The lowest BCUT2D eigenvalue weighted by Gasteiger charge is -2.33. The van der Waals surface area contributed by atoms with Crippen molar-refractivity contribution in [1.82, 2.24) is 10.6 Å². The summed E-state index contributed by atoms with van der Waals surface area (Å²) in [4.78, 5) is 12.2. The van der Waals surface area contributed by atoms with Gasteiger partial charge in [0.2, 0.25) is 5.91 Å². The molecule has 1 aliphatic rings. The Hall–Kier alpha value is -1.35. The van der Waals surface area contributed by atoms with Crippen LogP contribution in [-0.4, -0.2) is 25.0 Å². The second-order valence-electron chi connectivity index (χ2n) is 6.77. The van der Waals surface area contributed by atoms with Crippen LogP contribution in [0.5, 0.6) is 0 Å². The van der Waals surface area contributed by atoms with Crippen molar-refractivity contribution < 1.29 is 4.79 Å². The number of hydrogen-bond acceptors (Lipinski definition) is 2. The van der Waals surface area contributed by atoms with Gasteiger partial charge in [0.15, 0.2) is 0 Å². The highest BCUT2D eigenvalue weighted by Crippen LogP contribution is 2.27. The fraction of sp³-hybridized carbons (Fsp3) is 0.611. The lowest BCUT2D eigenvalue weighted by Crippen LogP contribution is -2.45. The van der Waals surface area contributed by atoms with Gasteiger partial charge in [0.05, 0.1) is 0 Å². The summed E-state index contributed by atoms with van der Waals surface area (Å²) >= 11 is 0. The molecule has 1 aliphatic heterocycles. The normalized spacial score (nSPS) is 20.2. The van der Waals surface area contributed by atoms with Gasteiger partial charge in [0, 0.05) is 17.9 Å². The minimum atomic E-state index is -0.0637. The summed E-state index contributed by atoms with van der Waals surface area (Å²) in [7, 11) is 0. The van der Waals surface area contributed by atoms with E-state index in [4.69, 9.17) is 0 Å². The number of rotatable bonds is 6. The molecule has 116 valence electrons. The zero-order valence-electron chi connectivity index (χ0n) is 13.5. The minimum Gasteiger partial charge on any atom is -0.353 e. The zero-order chi connectivity index (χ0) is 15.3. The number of nitrogens with one attached hydrogen (secondary N) is 2. The van der Waals surface area contributed by atoms with E-state index >= 15 is 0 Å². The molecule has 21 heavy (non-hydrogen) atoms. The lowest BCUT2D eigenvalue weighted by atomic mass is 9.78. The Kier molecular flexibility index (Phi) is 5.40. The second-order valence-corrected chi connectivity index (χ2v) is 6.77. The first-order valence-electron chi connectivity index (χ1n) is 8.05. The average Bonchev–Trinajstić information content (AvgIpc) is 2.99. The highest BCUT2D eigenvalue weighted by atomic mass is 16.1. The van der Waals surface area contributed by atoms with E-state index < -0.39 is 0 Å². The van der Waals surface area contributed by atoms with Crippen LogP contribution >= 0.6 is 0 Å². The molecule has 3 nitrogen and oxygen atoms in total. The molecule has 2 rings (SSSR count). The quantitative estimate of drug-likeness (QED) is 0.845. The first-order chi connectivity index (χ1) is 10.00. The zero-order valence-corrected chi connectivity index (χ0v) is 13.5. The summed E-state index contributed by atoms with van der Waals surface area (Å²) < 4.78 is 0. The van der Waals surface area contributed by atoms with Crippen LogP contribution in [0.3, 0.4) is 0 Å². The maximum Gasteiger partial charge on any atom is 0.220 e. The number of carbonyl (C=O) groups is 1. The van der Waals surface area contributed by atoms with E-state index in [9.17, 15) is 4.79 Å². The first-order valence-corrected chi connectivity index (χ1v) is 8.05. The van der Waals surface area contributed by atoms with E-state index in [2.05, 4.69) is 55.7 Å². The molecule has 1 aromatic rings. The summed E-state index contributed by atoms with van der Waals surface area (Å²) in [6, 6.07) is 10.5. The van der Waals surface area contributed by atoms with E-state index in [1.54, 1.807) is 0 Å².